The van der Waals surface area contributed by atoms with Gasteiger partial charge in [0.2, 0.25) is 0 Å². The molecular formula is C46H67N10O12PS. The Labute approximate surface area is 409 Å². The molecule has 6 fully saturated rings. The Bertz CT molecular complexity index is 2580. The van der Waals surface area contributed by atoms with E-state index < -0.39 is 81.0 Å². The first-order chi connectivity index (χ1) is 33.6. The Morgan fingerprint density at radius 2 is 1.61 bits per heavy atom. The Balaban J connectivity index is 0.805. The number of imidazole rings is 2. The summed E-state index contributed by atoms with van der Waals surface area (Å²) in [6, 6.07) is 0. The molecule has 384 valence electrons. The summed E-state index contributed by atoms with van der Waals surface area (Å²) < 4.78 is 54.6. The van der Waals surface area contributed by atoms with Gasteiger partial charge in [-0.05, 0) is 104 Å². The highest BCUT2D eigenvalue weighted by Gasteiger charge is 2.64. The van der Waals surface area contributed by atoms with Gasteiger partial charge in [-0.25, -0.2) is 34.5 Å². The molecule has 18 atom stereocenters. The van der Waals surface area contributed by atoms with Crippen LogP contribution in [0.25, 0.3) is 22.3 Å². The standard InChI is InChI=1S/C46H67N10O12PS/c1-23(27-8-9-28-26-7-6-24-13-25(58)11-12-45(24,2)29(26)14-33(60)46(27,28)3)5-10-35(61)64-22-70-69(62,65-17-32-30(59)15-34(66-32)55-20-53-36-40(47)49-18-51-42(36)55)68-38-31(16-57)67-44(39(38)63-4)56-21-54-37-41(48)50-19-52-43(37)56/h18-21,23-34,38-39,44,57-60H,5-17,22H2,1-4H3,(H2,47,49,51)(H2,48,50,52)/t23-,24-,25-,26+,27?,28+,29+,30+,31-,32-,33+,34-,38-,39-,44-,45+,46-,69?/m1/s1. The van der Waals surface area contributed by atoms with Crippen LogP contribution in [0.1, 0.15) is 104 Å². The molecule has 2 saturated heterocycles. The molecule has 0 radical (unpaired) electrons. The van der Waals surface area contributed by atoms with Gasteiger partial charge in [0, 0.05) is 31.3 Å². The first-order valence-corrected chi connectivity index (χ1v) is 27.8. The highest BCUT2D eigenvalue weighted by Crippen LogP contribution is 2.69. The molecule has 0 spiro atoms. The monoisotopic (exact) mass is 1010 g/mol. The summed E-state index contributed by atoms with van der Waals surface area (Å²) >= 11 is 0.635. The first-order valence-electron chi connectivity index (χ1n) is 24.6. The number of esters is 1. The number of carbonyl (C=O) groups excluding carboxylic acids is 1. The van der Waals surface area contributed by atoms with E-state index in [-0.39, 0.29) is 53.2 Å². The lowest BCUT2D eigenvalue weighted by Crippen LogP contribution is -2.58. The van der Waals surface area contributed by atoms with Crippen LogP contribution in [0.15, 0.2) is 25.3 Å². The Morgan fingerprint density at radius 3 is 2.33 bits per heavy atom. The van der Waals surface area contributed by atoms with E-state index in [1.165, 1.54) is 32.4 Å². The number of methoxy groups -OCH3 is 1. The van der Waals surface area contributed by atoms with Gasteiger partial charge >= 0.3 is 12.8 Å². The average Bonchev–Trinajstić information content (AvgIpc) is 4.18. The molecule has 22 nitrogen and oxygen atoms in total. The maximum atomic E-state index is 15.0. The van der Waals surface area contributed by atoms with Gasteiger partial charge < -0.3 is 50.8 Å². The minimum atomic E-state index is -4.40. The van der Waals surface area contributed by atoms with Crippen molar-refractivity contribution < 1.29 is 57.8 Å². The molecule has 4 aliphatic carbocycles. The number of rotatable bonds is 16. The second-order valence-corrected chi connectivity index (χ2v) is 25.0. The van der Waals surface area contributed by atoms with Crippen molar-refractivity contribution in [1.82, 2.24) is 39.0 Å². The second kappa shape index (κ2) is 19.7. The van der Waals surface area contributed by atoms with Crippen molar-refractivity contribution in [3.63, 3.8) is 0 Å². The van der Waals surface area contributed by atoms with Crippen LogP contribution < -0.4 is 11.5 Å². The third-order valence-corrected chi connectivity index (χ3v) is 21.0. The average molecular weight is 1020 g/mol. The van der Waals surface area contributed by atoms with E-state index in [4.69, 9.17) is 39.5 Å². The number of aromatic nitrogens is 8. The highest BCUT2D eigenvalue weighted by atomic mass is 32.7. The van der Waals surface area contributed by atoms with E-state index >= 15 is 4.57 Å². The summed E-state index contributed by atoms with van der Waals surface area (Å²) in [6.45, 7) is 1.52. The number of aliphatic hydroxyl groups excluding tert-OH is 4. The van der Waals surface area contributed by atoms with Crippen LogP contribution in [-0.2, 0) is 37.4 Å². The molecule has 4 saturated carbocycles. The smallest absolute Gasteiger partial charge is 0.392 e. The largest absolute Gasteiger partial charge is 0.454 e. The van der Waals surface area contributed by atoms with Crippen molar-refractivity contribution in [2.24, 2.45) is 46.3 Å². The van der Waals surface area contributed by atoms with E-state index in [1.54, 1.807) is 9.13 Å². The van der Waals surface area contributed by atoms with Crippen molar-refractivity contribution in [3.05, 3.63) is 25.3 Å². The topological polar surface area (TPSA) is 310 Å². The number of anilines is 2. The van der Waals surface area contributed by atoms with Gasteiger partial charge in [0.1, 0.15) is 60.3 Å². The van der Waals surface area contributed by atoms with Crippen molar-refractivity contribution in [1.29, 1.82) is 0 Å². The van der Waals surface area contributed by atoms with Crippen molar-refractivity contribution >= 4 is 58.1 Å². The highest BCUT2D eigenvalue weighted by molar-refractivity contribution is 8.55. The molecule has 8 N–H and O–H groups in total. The van der Waals surface area contributed by atoms with Gasteiger partial charge in [-0.3, -0.25) is 23.0 Å². The number of hydrogen-bond acceptors (Lipinski definition) is 21. The number of hydrogen-bond donors (Lipinski definition) is 6. The van der Waals surface area contributed by atoms with E-state index in [0.29, 0.717) is 63.8 Å². The number of carbonyl (C=O) groups is 1. The SMILES string of the molecule is CO[C@@H]1[C@H](OP(=O)(OC[C@H]2O[C@@H](n3cnc4c(N)ncnc43)C[C@@H]2O)SCOC(=O)CC[C@@H](C)C2CC[C@H]3[C@@H]4CC[C@@H]5C[C@H](O)CC[C@]5(C)[C@H]4C[C@H](O)[C@]23C)[C@@H](CO)O[C@H]1n1cnc2c(N)ncnc21. The van der Waals surface area contributed by atoms with Gasteiger partial charge in [0.15, 0.2) is 29.2 Å². The molecule has 6 heterocycles. The summed E-state index contributed by atoms with van der Waals surface area (Å²) in [5.41, 5.74) is 13.4. The lowest BCUT2D eigenvalue weighted by Gasteiger charge is -2.62. The van der Waals surface area contributed by atoms with Crippen molar-refractivity contribution in [2.75, 3.05) is 37.7 Å². The van der Waals surface area contributed by atoms with Crippen LogP contribution in [0.3, 0.4) is 0 Å². The van der Waals surface area contributed by atoms with Crippen LogP contribution in [-0.4, -0.2) is 134 Å². The molecule has 0 aromatic carbocycles. The molecular weight excluding hydrogens is 948 g/mol. The minimum absolute atomic E-state index is 0.113. The summed E-state index contributed by atoms with van der Waals surface area (Å²) in [4.78, 5) is 38.8. The van der Waals surface area contributed by atoms with Gasteiger partial charge in [-0.2, -0.15) is 0 Å². The zero-order valence-corrected chi connectivity index (χ0v) is 41.7. The zero-order valence-electron chi connectivity index (χ0n) is 40.0. The maximum absolute atomic E-state index is 15.0. The maximum Gasteiger partial charge on any atom is 0.392 e. The predicted octanol–water partition coefficient (Wildman–Crippen LogP) is 4.53. The molecule has 6 aliphatic rings. The number of aliphatic hydroxyl groups is 4. The molecule has 0 amide bonds. The zero-order chi connectivity index (χ0) is 49.3. The van der Waals surface area contributed by atoms with Crippen molar-refractivity contribution in [3.8, 4) is 0 Å². The van der Waals surface area contributed by atoms with E-state index in [2.05, 4.69) is 50.7 Å². The summed E-state index contributed by atoms with van der Waals surface area (Å²) in [7, 11) is 1.41. The third kappa shape index (κ3) is 8.81. The van der Waals surface area contributed by atoms with E-state index in [1.807, 2.05) is 0 Å². The van der Waals surface area contributed by atoms with Crippen LogP contribution >= 0.6 is 18.2 Å². The third-order valence-electron chi connectivity index (χ3n) is 17.7. The van der Waals surface area contributed by atoms with E-state index in [9.17, 15) is 25.2 Å². The van der Waals surface area contributed by atoms with Crippen LogP contribution in [0.4, 0.5) is 11.6 Å². The van der Waals surface area contributed by atoms with Crippen LogP contribution in [0.2, 0.25) is 0 Å². The van der Waals surface area contributed by atoms with Gasteiger partial charge in [0.25, 0.3) is 0 Å². The quantitative estimate of drug-likeness (QED) is 0.0510. The molecule has 2 aliphatic heterocycles. The fourth-order valence-electron chi connectivity index (χ4n) is 14.0. The fraction of sp³-hybridized carbons (Fsp3) is 0.761. The first kappa shape index (κ1) is 49.9. The van der Waals surface area contributed by atoms with Gasteiger partial charge in [0.05, 0.1) is 44.2 Å². The van der Waals surface area contributed by atoms with Gasteiger partial charge in [-0.1, -0.05) is 20.8 Å². The van der Waals surface area contributed by atoms with Crippen LogP contribution in [0.5, 0.6) is 0 Å². The Hall–Kier alpha value is -3.61. The minimum Gasteiger partial charge on any atom is -0.454 e. The normalized spacial score (nSPS) is 38.6. The Kier molecular flexibility index (Phi) is 14.0. The molecule has 4 aromatic heterocycles. The van der Waals surface area contributed by atoms with E-state index in [0.717, 1.165) is 51.4 Å². The van der Waals surface area contributed by atoms with Crippen molar-refractivity contribution in [2.45, 2.75) is 147 Å². The number of nitrogen functional groups attached to an aromatic ring is 2. The Morgan fingerprint density at radius 1 is 0.900 bits per heavy atom. The molecule has 4 aromatic rings. The molecule has 2 unspecified atom stereocenters. The summed E-state index contributed by atoms with van der Waals surface area (Å²) in [5.74, 6) is 1.72. The lowest BCUT2D eigenvalue weighted by atomic mass is 9.43. The second-order valence-electron chi connectivity index (χ2n) is 21.0. The number of nitrogens with two attached hydrogens (primary N) is 2. The fourth-order valence-corrected chi connectivity index (χ4v) is 16.8. The summed E-state index contributed by atoms with van der Waals surface area (Å²) in [5, 5.41) is 44.3. The molecule has 70 heavy (non-hydrogen) atoms. The van der Waals surface area contributed by atoms with Crippen LogP contribution in [0, 0.1) is 46.3 Å². The molecule has 0 bridgehead atoms. The molecule has 24 heteroatoms. The predicted molar refractivity (Wildman–Crippen MR) is 254 cm³/mol. The summed E-state index contributed by atoms with van der Waals surface area (Å²) in [6.07, 6.45) is 6.44. The number of nitrogens with zero attached hydrogens (tertiary/aromatic N) is 8. The number of ether oxygens (including phenoxy) is 4. The molecule has 10 rings (SSSR count). The lowest BCUT2D eigenvalue weighted by molar-refractivity contribution is -0.175. The number of fused-ring (bicyclic) bond motifs is 7. The van der Waals surface area contributed by atoms with Gasteiger partial charge in [-0.15, -0.1) is 0 Å².